The maximum atomic E-state index is 5.68. The van der Waals surface area contributed by atoms with Gasteiger partial charge in [-0.05, 0) is 12.1 Å². The minimum atomic E-state index is 0.667. The first-order valence-electron chi connectivity index (χ1n) is 5.41. The smallest absolute Gasteiger partial charge is 0.191 e. The van der Waals surface area contributed by atoms with E-state index in [9.17, 15) is 0 Å². The lowest BCUT2D eigenvalue weighted by atomic mass is 10.2. The second-order valence-corrected chi connectivity index (χ2v) is 3.76. The van der Waals surface area contributed by atoms with Gasteiger partial charge in [-0.1, -0.05) is 18.2 Å². The van der Waals surface area contributed by atoms with E-state index in [1.54, 1.807) is 0 Å². The van der Waals surface area contributed by atoms with E-state index >= 15 is 0 Å². The summed E-state index contributed by atoms with van der Waals surface area (Å²) in [6.07, 6.45) is 0. The van der Waals surface area contributed by atoms with Crippen LogP contribution in [0, 0.1) is 0 Å². The second kappa shape index (κ2) is 3.89. The van der Waals surface area contributed by atoms with Crippen molar-refractivity contribution in [1.82, 2.24) is 10.6 Å². The largest absolute Gasteiger partial charge is 0.459 e. The molecule has 4 heteroatoms. The van der Waals surface area contributed by atoms with Gasteiger partial charge in [0.15, 0.2) is 5.96 Å². The quantitative estimate of drug-likeness (QED) is 0.797. The van der Waals surface area contributed by atoms with E-state index in [1.165, 1.54) is 0 Å². The van der Waals surface area contributed by atoms with Crippen molar-refractivity contribution >= 4 is 16.9 Å². The van der Waals surface area contributed by atoms with Crippen molar-refractivity contribution in [2.24, 2.45) is 4.99 Å². The van der Waals surface area contributed by atoms with Gasteiger partial charge >= 0.3 is 0 Å². The van der Waals surface area contributed by atoms with E-state index in [1.807, 2.05) is 24.3 Å². The maximum absolute atomic E-state index is 5.68. The summed E-state index contributed by atoms with van der Waals surface area (Å²) in [6, 6.07) is 10.1. The molecule has 1 aromatic carbocycles. The van der Waals surface area contributed by atoms with E-state index in [4.69, 9.17) is 4.42 Å². The zero-order valence-corrected chi connectivity index (χ0v) is 8.86. The highest BCUT2D eigenvalue weighted by Crippen LogP contribution is 2.18. The molecule has 1 aliphatic rings. The average Bonchev–Trinajstić information content (AvgIpc) is 2.95. The normalized spacial score (nSPS) is 14.9. The predicted octanol–water partition coefficient (Wildman–Crippen LogP) is 1.48. The lowest BCUT2D eigenvalue weighted by Gasteiger charge is -2.03. The van der Waals surface area contributed by atoms with Crippen LogP contribution in [0.4, 0.5) is 0 Å². The number of benzene rings is 1. The van der Waals surface area contributed by atoms with Crippen LogP contribution in [-0.4, -0.2) is 19.0 Å². The Morgan fingerprint density at radius 2 is 2.31 bits per heavy atom. The van der Waals surface area contributed by atoms with Crippen LogP contribution < -0.4 is 10.6 Å². The van der Waals surface area contributed by atoms with Crippen molar-refractivity contribution in [3.05, 3.63) is 36.1 Å². The SMILES string of the molecule is c1ccc2oc(CNC3=NCCN3)cc2c1. The molecule has 82 valence electrons. The van der Waals surface area contributed by atoms with Gasteiger partial charge in [0.2, 0.25) is 0 Å². The predicted molar refractivity (Wildman–Crippen MR) is 63.4 cm³/mol. The molecule has 0 unspecified atom stereocenters. The topological polar surface area (TPSA) is 49.6 Å². The molecule has 0 saturated carbocycles. The maximum Gasteiger partial charge on any atom is 0.191 e. The summed E-state index contributed by atoms with van der Waals surface area (Å²) in [4.78, 5) is 4.26. The molecule has 0 radical (unpaired) electrons. The molecule has 3 rings (SSSR count). The Labute approximate surface area is 93.4 Å². The van der Waals surface area contributed by atoms with Gasteiger partial charge in [-0.2, -0.15) is 0 Å². The van der Waals surface area contributed by atoms with Gasteiger partial charge in [0.05, 0.1) is 13.1 Å². The van der Waals surface area contributed by atoms with Crippen molar-refractivity contribution in [2.75, 3.05) is 13.1 Å². The lowest BCUT2D eigenvalue weighted by molar-refractivity contribution is 0.539. The molecule has 0 fully saturated rings. The molecule has 0 spiro atoms. The second-order valence-electron chi connectivity index (χ2n) is 3.76. The molecule has 0 aliphatic carbocycles. The highest BCUT2D eigenvalue weighted by Gasteiger charge is 2.06. The number of hydrogen-bond donors (Lipinski definition) is 2. The van der Waals surface area contributed by atoms with Gasteiger partial charge in [0.25, 0.3) is 0 Å². The minimum Gasteiger partial charge on any atom is -0.459 e. The number of rotatable bonds is 2. The standard InChI is InChI=1S/C12H13N3O/c1-2-4-11-9(3-1)7-10(16-11)8-15-12-13-5-6-14-12/h1-4,7H,5-6,8H2,(H2,13,14,15). The van der Waals surface area contributed by atoms with Crippen LogP contribution in [0.2, 0.25) is 0 Å². The number of aliphatic imine (C=N–C) groups is 1. The number of nitrogens with zero attached hydrogens (tertiary/aromatic N) is 1. The van der Waals surface area contributed by atoms with Crippen LogP contribution in [0.15, 0.2) is 39.7 Å². The Balaban J connectivity index is 1.74. The number of guanidine groups is 1. The number of para-hydroxylation sites is 1. The summed E-state index contributed by atoms with van der Waals surface area (Å²) < 4.78 is 5.68. The summed E-state index contributed by atoms with van der Waals surface area (Å²) >= 11 is 0. The molecule has 2 aromatic rings. The zero-order valence-electron chi connectivity index (χ0n) is 8.86. The van der Waals surface area contributed by atoms with Gasteiger partial charge < -0.3 is 15.1 Å². The molecule has 16 heavy (non-hydrogen) atoms. The van der Waals surface area contributed by atoms with E-state index in [0.29, 0.717) is 6.54 Å². The van der Waals surface area contributed by atoms with Crippen LogP contribution in [0.25, 0.3) is 11.0 Å². The Bertz CT molecular complexity index is 497. The highest BCUT2D eigenvalue weighted by molar-refractivity contribution is 5.81. The molecular formula is C12H13N3O. The number of hydrogen-bond acceptors (Lipinski definition) is 4. The van der Waals surface area contributed by atoms with Gasteiger partial charge in [0.1, 0.15) is 11.3 Å². The molecule has 1 aromatic heterocycles. The van der Waals surface area contributed by atoms with Gasteiger partial charge in [-0.25, -0.2) is 0 Å². The van der Waals surface area contributed by atoms with Gasteiger partial charge in [-0.15, -0.1) is 0 Å². The van der Waals surface area contributed by atoms with Crippen molar-refractivity contribution in [3.8, 4) is 0 Å². The molecule has 4 nitrogen and oxygen atoms in total. The first-order chi connectivity index (χ1) is 7.92. The van der Waals surface area contributed by atoms with E-state index < -0.39 is 0 Å². The molecule has 0 saturated heterocycles. The van der Waals surface area contributed by atoms with Crippen LogP contribution >= 0.6 is 0 Å². The molecule has 2 heterocycles. The summed E-state index contributed by atoms with van der Waals surface area (Å²) in [6.45, 7) is 2.44. The van der Waals surface area contributed by atoms with Crippen LogP contribution in [0.1, 0.15) is 5.76 Å². The molecular weight excluding hydrogens is 202 g/mol. The molecule has 0 atom stereocenters. The van der Waals surface area contributed by atoms with E-state index in [-0.39, 0.29) is 0 Å². The third kappa shape index (κ3) is 1.74. The first kappa shape index (κ1) is 9.27. The fourth-order valence-corrected chi connectivity index (χ4v) is 1.81. The fourth-order valence-electron chi connectivity index (χ4n) is 1.81. The van der Waals surface area contributed by atoms with Crippen LogP contribution in [0.5, 0.6) is 0 Å². The summed E-state index contributed by atoms with van der Waals surface area (Å²) in [7, 11) is 0. The average molecular weight is 215 g/mol. The Morgan fingerprint density at radius 3 is 3.12 bits per heavy atom. The van der Waals surface area contributed by atoms with Gasteiger partial charge in [-0.3, -0.25) is 4.99 Å². The van der Waals surface area contributed by atoms with Crippen LogP contribution in [0.3, 0.4) is 0 Å². The Hall–Kier alpha value is -1.97. The highest BCUT2D eigenvalue weighted by atomic mass is 16.3. The third-order valence-electron chi connectivity index (χ3n) is 2.58. The molecule has 1 aliphatic heterocycles. The summed E-state index contributed by atoms with van der Waals surface area (Å²) in [5, 5.41) is 7.50. The fraction of sp³-hybridized carbons (Fsp3) is 0.250. The van der Waals surface area contributed by atoms with Crippen molar-refractivity contribution < 1.29 is 4.42 Å². The summed E-state index contributed by atoms with van der Waals surface area (Å²) in [5.41, 5.74) is 0.931. The van der Waals surface area contributed by atoms with E-state index in [0.717, 1.165) is 35.8 Å². The third-order valence-corrected chi connectivity index (χ3v) is 2.58. The number of furan rings is 1. The van der Waals surface area contributed by atoms with Gasteiger partial charge in [0, 0.05) is 11.9 Å². The molecule has 0 amide bonds. The van der Waals surface area contributed by atoms with Crippen LogP contribution in [-0.2, 0) is 6.54 Å². The monoisotopic (exact) mass is 215 g/mol. The zero-order chi connectivity index (χ0) is 10.8. The molecule has 2 N–H and O–H groups in total. The number of nitrogens with one attached hydrogen (secondary N) is 2. The van der Waals surface area contributed by atoms with Crippen molar-refractivity contribution in [2.45, 2.75) is 6.54 Å². The lowest BCUT2D eigenvalue weighted by Crippen LogP contribution is -2.33. The minimum absolute atomic E-state index is 0.667. The Morgan fingerprint density at radius 1 is 1.38 bits per heavy atom. The van der Waals surface area contributed by atoms with Crippen molar-refractivity contribution in [1.29, 1.82) is 0 Å². The van der Waals surface area contributed by atoms with Crippen molar-refractivity contribution in [3.63, 3.8) is 0 Å². The number of fused-ring (bicyclic) bond motifs is 1. The Kier molecular flexibility index (Phi) is 2.25. The summed E-state index contributed by atoms with van der Waals surface area (Å²) in [5.74, 6) is 1.79. The molecule has 0 bridgehead atoms. The first-order valence-corrected chi connectivity index (χ1v) is 5.41. The van der Waals surface area contributed by atoms with E-state index in [2.05, 4.69) is 21.7 Å².